The second kappa shape index (κ2) is 7.18. The maximum atomic E-state index is 13.6. The molecule has 0 spiro atoms. The van der Waals surface area contributed by atoms with E-state index in [4.69, 9.17) is 18.7 Å². The fourth-order valence-corrected chi connectivity index (χ4v) is 2.90. The van der Waals surface area contributed by atoms with Crippen molar-refractivity contribution < 1.29 is 27.9 Å². The number of methoxy groups -OCH3 is 2. The summed E-state index contributed by atoms with van der Waals surface area (Å²) >= 11 is 0. The van der Waals surface area contributed by atoms with E-state index in [9.17, 15) is 9.18 Å². The standard InChI is InChI=1S/C19H16FN3O5/c1-25-15-5-3-11(7-16(15)26-2)19-21-17(28-22-19)9-23-13-8-12(20)4-6-14(13)27-10-18(23)24/h3-8H,9-10H2,1-2H3. The number of rotatable bonds is 5. The van der Waals surface area contributed by atoms with Crippen LogP contribution >= 0.6 is 0 Å². The molecule has 0 fully saturated rings. The van der Waals surface area contributed by atoms with Crippen molar-refractivity contribution in [2.24, 2.45) is 0 Å². The zero-order valence-electron chi connectivity index (χ0n) is 15.1. The number of nitrogens with zero attached hydrogens (tertiary/aromatic N) is 3. The van der Waals surface area contributed by atoms with Gasteiger partial charge in [-0.25, -0.2) is 4.39 Å². The number of carbonyl (C=O) groups is 1. The SMILES string of the molecule is COc1ccc(-c2noc(CN3C(=O)COc4ccc(F)cc43)n2)cc1OC. The van der Waals surface area contributed by atoms with Crippen LogP contribution in [0.25, 0.3) is 11.4 Å². The third kappa shape index (κ3) is 3.22. The maximum Gasteiger partial charge on any atom is 0.265 e. The summed E-state index contributed by atoms with van der Waals surface area (Å²) in [5.41, 5.74) is 0.981. The first kappa shape index (κ1) is 17.8. The number of hydrogen-bond acceptors (Lipinski definition) is 7. The van der Waals surface area contributed by atoms with Crippen molar-refractivity contribution in [2.75, 3.05) is 25.7 Å². The molecule has 3 aromatic rings. The number of ether oxygens (including phenoxy) is 3. The highest BCUT2D eigenvalue weighted by Gasteiger charge is 2.28. The topological polar surface area (TPSA) is 86.9 Å². The Kier molecular flexibility index (Phi) is 4.56. The minimum Gasteiger partial charge on any atom is -0.493 e. The van der Waals surface area contributed by atoms with Crippen LogP contribution in [-0.2, 0) is 11.3 Å². The summed E-state index contributed by atoms with van der Waals surface area (Å²) in [6.45, 7) is -0.145. The Balaban J connectivity index is 1.61. The number of hydrogen-bond donors (Lipinski definition) is 0. The highest BCUT2D eigenvalue weighted by Crippen LogP contribution is 2.34. The van der Waals surface area contributed by atoms with Gasteiger partial charge in [-0.15, -0.1) is 0 Å². The Hall–Kier alpha value is -3.62. The predicted octanol–water partition coefficient (Wildman–Crippen LogP) is 2.82. The number of fused-ring (bicyclic) bond motifs is 1. The fourth-order valence-electron chi connectivity index (χ4n) is 2.90. The van der Waals surface area contributed by atoms with E-state index in [1.807, 2.05) is 0 Å². The fraction of sp³-hybridized carbons (Fsp3) is 0.211. The second-order valence-electron chi connectivity index (χ2n) is 5.96. The number of halogens is 1. The summed E-state index contributed by atoms with van der Waals surface area (Å²) in [5.74, 6) is 1.25. The van der Waals surface area contributed by atoms with Gasteiger partial charge >= 0.3 is 0 Å². The summed E-state index contributed by atoms with van der Waals surface area (Å²) in [6, 6.07) is 9.20. The molecule has 0 radical (unpaired) electrons. The van der Waals surface area contributed by atoms with Gasteiger partial charge in [0, 0.05) is 11.6 Å². The highest BCUT2D eigenvalue weighted by atomic mass is 19.1. The van der Waals surface area contributed by atoms with Crippen LogP contribution in [-0.4, -0.2) is 36.9 Å². The molecule has 0 aliphatic carbocycles. The zero-order chi connectivity index (χ0) is 19.7. The molecule has 2 aromatic carbocycles. The van der Waals surface area contributed by atoms with Crippen molar-refractivity contribution >= 4 is 11.6 Å². The molecule has 0 atom stereocenters. The lowest BCUT2D eigenvalue weighted by atomic mass is 10.2. The van der Waals surface area contributed by atoms with E-state index >= 15 is 0 Å². The van der Waals surface area contributed by atoms with Crippen LogP contribution in [0, 0.1) is 5.82 Å². The van der Waals surface area contributed by atoms with E-state index < -0.39 is 5.82 Å². The van der Waals surface area contributed by atoms with Gasteiger partial charge < -0.3 is 18.7 Å². The summed E-state index contributed by atoms with van der Waals surface area (Å²) in [5, 5.41) is 3.96. The summed E-state index contributed by atoms with van der Waals surface area (Å²) in [7, 11) is 3.08. The monoisotopic (exact) mass is 385 g/mol. The van der Waals surface area contributed by atoms with Gasteiger partial charge in [0.05, 0.1) is 19.9 Å². The normalized spacial score (nSPS) is 13.1. The van der Waals surface area contributed by atoms with E-state index in [0.717, 1.165) is 0 Å². The van der Waals surface area contributed by atoms with Crippen molar-refractivity contribution in [1.82, 2.24) is 10.1 Å². The smallest absolute Gasteiger partial charge is 0.265 e. The van der Waals surface area contributed by atoms with Crippen molar-refractivity contribution in [1.29, 1.82) is 0 Å². The van der Waals surface area contributed by atoms with E-state index in [2.05, 4.69) is 10.1 Å². The van der Waals surface area contributed by atoms with Crippen LogP contribution in [0.5, 0.6) is 17.2 Å². The molecular formula is C19H16FN3O5. The van der Waals surface area contributed by atoms with Crippen LogP contribution in [0.1, 0.15) is 5.89 Å². The van der Waals surface area contributed by atoms with Gasteiger partial charge in [0.15, 0.2) is 18.1 Å². The van der Waals surface area contributed by atoms with Crippen molar-refractivity contribution in [3.8, 4) is 28.6 Å². The molecule has 1 amide bonds. The zero-order valence-corrected chi connectivity index (χ0v) is 15.1. The summed E-state index contributed by atoms with van der Waals surface area (Å²) in [6.07, 6.45) is 0. The lowest BCUT2D eigenvalue weighted by Gasteiger charge is -2.28. The van der Waals surface area contributed by atoms with Gasteiger partial charge in [0.1, 0.15) is 18.1 Å². The Labute approximate surface area is 159 Å². The third-order valence-electron chi connectivity index (χ3n) is 4.27. The summed E-state index contributed by atoms with van der Waals surface area (Å²) < 4.78 is 34.7. The molecule has 1 aliphatic heterocycles. The van der Waals surface area contributed by atoms with Gasteiger partial charge in [-0.1, -0.05) is 5.16 Å². The first-order valence-electron chi connectivity index (χ1n) is 8.36. The third-order valence-corrected chi connectivity index (χ3v) is 4.27. The lowest BCUT2D eigenvalue weighted by Crippen LogP contribution is -2.38. The van der Waals surface area contributed by atoms with E-state index in [0.29, 0.717) is 34.3 Å². The Morgan fingerprint density at radius 2 is 1.96 bits per heavy atom. The minimum atomic E-state index is -0.474. The lowest BCUT2D eigenvalue weighted by molar-refractivity contribution is -0.121. The predicted molar refractivity (Wildman–Crippen MR) is 95.9 cm³/mol. The Morgan fingerprint density at radius 1 is 1.14 bits per heavy atom. The van der Waals surface area contributed by atoms with Crippen molar-refractivity contribution in [3.05, 3.63) is 48.1 Å². The number of aromatic nitrogens is 2. The van der Waals surface area contributed by atoms with Gasteiger partial charge in [0.2, 0.25) is 11.7 Å². The van der Waals surface area contributed by atoms with E-state index in [1.54, 1.807) is 25.3 Å². The molecule has 28 heavy (non-hydrogen) atoms. The van der Waals surface area contributed by atoms with Gasteiger partial charge in [0.25, 0.3) is 5.91 Å². The average molecular weight is 385 g/mol. The maximum absolute atomic E-state index is 13.6. The van der Waals surface area contributed by atoms with Crippen molar-refractivity contribution in [2.45, 2.75) is 6.54 Å². The average Bonchev–Trinajstić information content (AvgIpc) is 3.18. The van der Waals surface area contributed by atoms with Crippen LogP contribution in [0.2, 0.25) is 0 Å². The van der Waals surface area contributed by atoms with Crippen LogP contribution in [0.15, 0.2) is 40.9 Å². The van der Waals surface area contributed by atoms with Crippen molar-refractivity contribution in [3.63, 3.8) is 0 Å². The molecule has 9 heteroatoms. The number of benzene rings is 2. The molecule has 8 nitrogen and oxygen atoms in total. The van der Waals surface area contributed by atoms with Gasteiger partial charge in [-0.3, -0.25) is 9.69 Å². The molecule has 2 heterocycles. The van der Waals surface area contributed by atoms with Crippen LogP contribution < -0.4 is 19.1 Å². The van der Waals surface area contributed by atoms with E-state index in [-0.39, 0.29) is 24.9 Å². The molecule has 4 rings (SSSR count). The Morgan fingerprint density at radius 3 is 2.75 bits per heavy atom. The first-order valence-corrected chi connectivity index (χ1v) is 8.36. The van der Waals surface area contributed by atoms with Crippen LogP contribution in [0.3, 0.4) is 0 Å². The number of anilines is 1. The molecule has 1 aliphatic rings. The van der Waals surface area contributed by atoms with E-state index in [1.165, 1.54) is 30.2 Å². The first-order chi connectivity index (χ1) is 13.6. The molecular weight excluding hydrogens is 369 g/mol. The van der Waals surface area contributed by atoms with Crippen LogP contribution in [0.4, 0.5) is 10.1 Å². The highest BCUT2D eigenvalue weighted by molar-refractivity contribution is 5.97. The molecule has 0 bridgehead atoms. The molecule has 0 unspecified atom stereocenters. The van der Waals surface area contributed by atoms with Gasteiger partial charge in [-0.05, 0) is 30.3 Å². The minimum absolute atomic E-state index is 0.00106. The number of amides is 1. The molecule has 0 saturated heterocycles. The summed E-state index contributed by atoms with van der Waals surface area (Å²) in [4.78, 5) is 17.9. The molecule has 0 saturated carbocycles. The second-order valence-corrected chi connectivity index (χ2v) is 5.96. The quantitative estimate of drug-likeness (QED) is 0.667. The Bertz CT molecular complexity index is 1040. The largest absolute Gasteiger partial charge is 0.493 e. The molecule has 144 valence electrons. The molecule has 0 N–H and O–H groups in total. The number of carbonyl (C=O) groups excluding carboxylic acids is 1. The molecule has 1 aromatic heterocycles. The van der Waals surface area contributed by atoms with Gasteiger partial charge in [-0.2, -0.15) is 4.98 Å².